The molecule has 18 heavy (non-hydrogen) atoms. The van der Waals surface area contributed by atoms with E-state index in [4.69, 9.17) is 0 Å². The van der Waals surface area contributed by atoms with Gasteiger partial charge < -0.3 is 4.90 Å². The summed E-state index contributed by atoms with van der Waals surface area (Å²) < 4.78 is 3.15. The summed E-state index contributed by atoms with van der Waals surface area (Å²) in [6.45, 7) is 2.93. The Labute approximate surface area is 111 Å². The number of nitrogens with zero attached hydrogens (tertiary/aromatic N) is 1. The number of benzene rings is 1. The molecule has 0 bridgehead atoms. The predicted molar refractivity (Wildman–Crippen MR) is 74.6 cm³/mol. The van der Waals surface area contributed by atoms with E-state index in [1.54, 1.807) is 19.0 Å². The van der Waals surface area contributed by atoms with Crippen LogP contribution in [0.5, 0.6) is 0 Å². The van der Waals surface area contributed by atoms with Crippen LogP contribution in [0.25, 0.3) is 0 Å². The van der Waals surface area contributed by atoms with Crippen LogP contribution in [0.4, 0.5) is 5.69 Å². The van der Waals surface area contributed by atoms with Gasteiger partial charge in [-0.15, -0.1) is 0 Å². The fourth-order valence-electron chi connectivity index (χ4n) is 1.25. The molecule has 0 spiro atoms. The molecular formula is C13H16N2O2S. The Balaban J connectivity index is 2.69. The van der Waals surface area contributed by atoms with E-state index in [1.807, 2.05) is 31.2 Å². The highest BCUT2D eigenvalue weighted by Gasteiger charge is 2.07. The van der Waals surface area contributed by atoms with Crippen molar-refractivity contribution in [1.82, 2.24) is 4.72 Å². The molecule has 0 saturated heterocycles. The van der Waals surface area contributed by atoms with Crippen molar-refractivity contribution in [2.75, 3.05) is 18.5 Å². The number of hydrogen-bond donors (Lipinski definition) is 1. The lowest BCUT2D eigenvalue weighted by molar-refractivity contribution is -0.114. The quantitative estimate of drug-likeness (QED) is 0.485. The van der Waals surface area contributed by atoms with Crippen molar-refractivity contribution in [2.45, 2.75) is 11.8 Å². The molecular weight excluding hydrogens is 248 g/mol. The van der Waals surface area contributed by atoms with Gasteiger partial charge >= 0.3 is 0 Å². The Morgan fingerprint density at radius 3 is 2.61 bits per heavy atom. The summed E-state index contributed by atoms with van der Waals surface area (Å²) in [6, 6.07) is 7.62. The van der Waals surface area contributed by atoms with Crippen LogP contribution in [0.15, 0.2) is 41.3 Å². The van der Waals surface area contributed by atoms with Crippen LogP contribution >= 0.6 is 11.9 Å². The lowest BCUT2D eigenvalue weighted by Crippen LogP contribution is -2.23. The maximum absolute atomic E-state index is 11.6. The summed E-state index contributed by atoms with van der Waals surface area (Å²) in [7, 11) is 1.67. The number of likely N-dealkylation sites (N-methyl/N-ethyl adjacent to an activating group) is 1. The minimum Gasteiger partial charge on any atom is -0.312 e. The normalized spacial score (nSPS) is 10.6. The van der Waals surface area contributed by atoms with Gasteiger partial charge in [0.25, 0.3) is 5.91 Å². The summed E-state index contributed by atoms with van der Waals surface area (Å²) in [6.07, 6.45) is 3.02. The van der Waals surface area contributed by atoms with Crippen LogP contribution in [0.1, 0.15) is 6.92 Å². The van der Waals surface area contributed by atoms with Gasteiger partial charge in [-0.2, -0.15) is 0 Å². The molecule has 1 N–H and O–H groups in total. The molecule has 4 nitrogen and oxygen atoms in total. The first-order chi connectivity index (χ1) is 8.69. The fraction of sp³-hybridized carbons (Fsp3) is 0.231. The third kappa shape index (κ3) is 4.35. The average molecular weight is 264 g/mol. The van der Waals surface area contributed by atoms with Crippen molar-refractivity contribution in [3.8, 4) is 0 Å². The largest absolute Gasteiger partial charge is 0.312 e. The van der Waals surface area contributed by atoms with Crippen LogP contribution in [0.2, 0.25) is 0 Å². The van der Waals surface area contributed by atoms with Crippen LogP contribution in [-0.4, -0.2) is 25.8 Å². The van der Waals surface area contributed by atoms with Gasteiger partial charge in [0.15, 0.2) is 0 Å². The molecule has 0 saturated carbocycles. The summed E-state index contributed by atoms with van der Waals surface area (Å²) in [5.74, 6) is -0.228. The molecule has 1 amide bonds. The molecule has 0 atom stereocenters. The van der Waals surface area contributed by atoms with Crippen molar-refractivity contribution < 1.29 is 9.59 Å². The van der Waals surface area contributed by atoms with E-state index >= 15 is 0 Å². The molecule has 0 aliphatic rings. The summed E-state index contributed by atoms with van der Waals surface area (Å²) in [5.41, 5.74) is 0.788. The molecule has 0 radical (unpaired) electrons. The SMILES string of the molecule is CCNSc1ccc(N(C)C(=O)/C=C\C=O)cc1. The number of hydrogen-bond acceptors (Lipinski definition) is 4. The Morgan fingerprint density at radius 1 is 1.39 bits per heavy atom. The van der Waals surface area contributed by atoms with E-state index in [-0.39, 0.29) is 5.91 Å². The van der Waals surface area contributed by atoms with Gasteiger partial charge in [-0.05, 0) is 42.3 Å². The Kier molecular flexibility index (Phi) is 6.18. The number of carbonyl (C=O) groups excluding carboxylic acids is 2. The topological polar surface area (TPSA) is 49.4 Å². The molecule has 0 fully saturated rings. The number of allylic oxidation sites excluding steroid dienone is 1. The standard InChI is InChI=1S/C13H16N2O2S/c1-3-14-18-12-8-6-11(7-9-12)15(2)13(17)5-4-10-16/h4-10,14H,3H2,1-2H3/b5-4-. The van der Waals surface area contributed by atoms with Gasteiger partial charge in [-0.1, -0.05) is 6.92 Å². The van der Waals surface area contributed by atoms with Crippen molar-refractivity contribution in [3.05, 3.63) is 36.4 Å². The number of anilines is 1. The zero-order valence-electron chi connectivity index (χ0n) is 10.4. The lowest BCUT2D eigenvalue weighted by atomic mass is 10.3. The second-order valence-electron chi connectivity index (χ2n) is 3.49. The molecule has 0 heterocycles. The minimum absolute atomic E-state index is 0.228. The third-order valence-corrected chi connectivity index (χ3v) is 3.15. The van der Waals surface area contributed by atoms with E-state index < -0.39 is 0 Å². The molecule has 1 aromatic carbocycles. The van der Waals surface area contributed by atoms with Crippen molar-refractivity contribution in [2.24, 2.45) is 0 Å². The second kappa shape index (κ2) is 7.68. The highest BCUT2D eigenvalue weighted by molar-refractivity contribution is 7.97. The summed E-state index contributed by atoms with van der Waals surface area (Å²) >= 11 is 1.55. The maximum Gasteiger partial charge on any atom is 0.250 e. The Hall–Kier alpha value is -1.59. The van der Waals surface area contributed by atoms with Gasteiger partial charge in [-0.25, -0.2) is 0 Å². The number of amides is 1. The maximum atomic E-state index is 11.6. The first kappa shape index (κ1) is 14.5. The number of aldehydes is 1. The fourth-order valence-corrected chi connectivity index (χ4v) is 1.84. The van der Waals surface area contributed by atoms with E-state index in [9.17, 15) is 9.59 Å². The number of nitrogens with one attached hydrogen (secondary N) is 1. The van der Waals surface area contributed by atoms with E-state index in [2.05, 4.69) is 4.72 Å². The highest BCUT2D eigenvalue weighted by atomic mass is 32.2. The molecule has 0 unspecified atom stereocenters. The number of carbonyl (C=O) groups is 2. The highest BCUT2D eigenvalue weighted by Crippen LogP contribution is 2.19. The number of rotatable bonds is 6. The molecule has 0 aromatic heterocycles. The first-order valence-corrected chi connectivity index (χ1v) is 6.40. The zero-order valence-corrected chi connectivity index (χ0v) is 11.2. The molecule has 5 heteroatoms. The Bertz CT molecular complexity index is 429. The first-order valence-electron chi connectivity index (χ1n) is 5.58. The minimum atomic E-state index is -0.228. The smallest absolute Gasteiger partial charge is 0.250 e. The molecule has 0 aliphatic heterocycles. The van der Waals surface area contributed by atoms with Crippen molar-refractivity contribution in [3.63, 3.8) is 0 Å². The molecule has 96 valence electrons. The summed E-state index contributed by atoms with van der Waals surface area (Å²) in [5, 5.41) is 0. The van der Waals surface area contributed by atoms with Crippen LogP contribution in [-0.2, 0) is 9.59 Å². The van der Waals surface area contributed by atoms with Gasteiger partial charge in [-0.3, -0.25) is 14.3 Å². The second-order valence-corrected chi connectivity index (χ2v) is 4.45. The van der Waals surface area contributed by atoms with Crippen LogP contribution in [0.3, 0.4) is 0 Å². The van der Waals surface area contributed by atoms with E-state index in [1.165, 1.54) is 17.1 Å². The van der Waals surface area contributed by atoms with Gasteiger partial charge in [0.2, 0.25) is 0 Å². The Morgan fingerprint density at radius 2 is 2.06 bits per heavy atom. The molecule has 1 aromatic rings. The van der Waals surface area contributed by atoms with E-state index in [0.29, 0.717) is 6.29 Å². The van der Waals surface area contributed by atoms with Gasteiger partial charge in [0.05, 0.1) is 0 Å². The van der Waals surface area contributed by atoms with Crippen molar-refractivity contribution in [1.29, 1.82) is 0 Å². The average Bonchev–Trinajstić information content (AvgIpc) is 2.42. The van der Waals surface area contributed by atoms with Gasteiger partial charge in [0, 0.05) is 30.3 Å². The van der Waals surface area contributed by atoms with Gasteiger partial charge in [0.1, 0.15) is 6.29 Å². The predicted octanol–water partition coefficient (Wildman–Crippen LogP) is 2.02. The molecule has 0 aliphatic carbocycles. The van der Waals surface area contributed by atoms with Crippen LogP contribution in [0, 0.1) is 0 Å². The van der Waals surface area contributed by atoms with Crippen LogP contribution < -0.4 is 9.62 Å². The lowest BCUT2D eigenvalue weighted by Gasteiger charge is -2.15. The molecule has 1 rings (SSSR count). The van der Waals surface area contributed by atoms with Crippen molar-refractivity contribution >= 4 is 29.8 Å². The summed E-state index contributed by atoms with van der Waals surface area (Å²) in [4.78, 5) is 24.3. The van der Waals surface area contributed by atoms with E-state index in [0.717, 1.165) is 17.1 Å². The third-order valence-electron chi connectivity index (χ3n) is 2.21. The zero-order chi connectivity index (χ0) is 13.4. The monoisotopic (exact) mass is 264 g/mol.